The van der Waals surface area contributed by atoms with Gasteiger partial charge in [-0.1, -0.05) is 30.3 Å². The van der Waals surface area contributed by atoms with Crippen LogP contribution in [-0.4, -0.2) is 36.5 Å². The smallest absolute Gasteiger partial charge is 0.0777 e. The first-order valence-electron chi connectivity index (χ1n) is 10.5. The molecule has 8 N–H and O–H groups in total. The van der Waals surface area contributed by atoms with Gasteiger partial charge in [-0.2, -0.15) is 0 Å². The van der Waals surface area contributed by atoms with E-state index in [-0.39, 0.29) is 12.6 Å². The van der Waals surface area contributed by atoms with Gasteiger partial charge in [-0.25, -0.2) is 5.84 Å². The molecule has 2 aromatic carbocycles. The summed E-state index contributed by atoms with van der Waals surface area (Å²) in [6.45, 7) is 2.59. The predicted molar refractivity (Wildman–Crippen MR) is 128 cm³/mol. The fourth-order valence-corrected chi connectivity index (χ4v) is 4.08. The molecule has 2 aromatic rings. The van der Waals surface area contributed by atoms with E-state index in [1.165, 1.54) is 6.21 Å². The Hall–Kier alpha value is -3.29. The molecule has 0 saturated heterocycles. The second-order valence-corrected chi connectivity index (χ2v) is 7.68. The van der Waals surface area contributed by atoms with Crippen LogP contribution in [0.4, 0.5) is 5.69 Å². The number of nitrogens with zero attached hydrogens (tertiary/aromatic N) is 1. The maximum Gasteiger partial charge on any atom is 0.0777 e. The molecule has 31 heavy (non-hydrogen) atoms. The quantitative estimate of drug-likeness (QED) is 0.302. The zero-order valence-electron chi connectivity index (χ0n) is 18.2. The zero-order valence-corrected chi connectivity index (χ0v) is 18.2. The summed E-state index contributed by atoms with van der Waals surface area (Å²) in [4.78, 5) is 0. The van der Waals surface area contributed by atoms with Gasteiger partial charge < -0.3 is 31.9 Å². The van der Waals surface area contributed by atoms with E-state index >= 15 is 0 Å². The third kappa shape index (κ3) is 4.90. The first-order valence-corrected chi connectivity index (χ1v) is 10.5. The largest absolute Gasteiger partial charge is 0.401 e. The maximum absolute atomic E-state index is 9.45. The van der Waals surface area contributed by atoms with Crippen molar-refractivity contribution in [1.82, 2.24) is 10.3 Å². The van der Waals surface area contributed by atoms with Crippen molar-refractivity contribution in [1.29, 1.82) is 5.41 Å². The lowest BCUT2D eigenvalue weighted by Gasteiger charge is -2.23. The molecule has 0 saturated carbocycles. The molecule has 0 amide bonds. The Kier molecular flexibility index (Phi) is 7.33. The van der Waals surface area contributed by atoms with Crippen molar-refractivity contribution in [3.8, 4) is 0 Å². The SMILES string of the molecule is CN/C=C(\C=N)c1ccc2c(c1)C(Nc1ccccc1CCO)CCN(N)/C2=C(/C)N. The number of hydrogen-bond acceptors (Lipinski definition) is 7. The molecule has 7 heteroatoms. The molecule has 164 valence electrons. The molecule has 0 aliphatic carbocycles. The van der Waals surface area contributed by atoms with Gasteiger partial charge in [-0.3, -0.25) is 0 Å². The molecule has 0 fully saturated rings. The lowest BCUT2D eigenvalue weighted by molar-refractivity contribution is 0.300. The van der Waals surface area contributed by atoms with Gasteiger partial charge in [0.1, 0.15) is 0 Å². The monoisotopic (exact) mass is 420 g/mol. The molecule has 1 aliphatic heterocycles. The molecule has 0 spiro atoms. The van der Waals surface area contributed by atoms with Gasteiger partial charge >= 0.3 is 0 Å². The van der Waals surface area contributed by atoms with Gasteiger partial charge in [-0.05, 0) is 48.6 Å². The molecule has 0 radical (unpaired) electrons. The van der Waals surface area contributed by atoms with E-state index in [2.05, 4.69) is 16.7 Å². The normalized spacial score (nSPS) is 18.1. The second-order valence-electron chi connectivity index (χ2n) is 7.68. The fraction of sp³-hybridized carbons (Fsp3) is 0.292. The van der Waals surface area contributed by atoms with E-state index in [1.807, 2.05) is 56.6 Å². The summed E-state index contributed by atoms with van der Waals surface area (Å²) < 4.78 is 0. The van der Waals surface area contributed by atoms with E-state index in [0.29, 0.717) is 18.7 Å². The zero-order chi connectivity index (χ0) is 22.4. The Morgan fingerprint density at radius 1 is 1.29 bits per heavy atom. The second kappa shape index (κ2) is 10.1. The average molecular weight is 421 g/mol. The fourth-order valence-electron chi connectivity index (χ4n) is 4.08. The van der Waals surface area contributed by atoms with Gasteiger partial charge in [0.25, 0.3) is 0 Å². The van der Waals surface area contributed by atoms with Gasteiger partial charge in [0.05, 0.1) is 11.7 Å². The van der Waals surface area contributed by atoms with Crippen molar-refractivity contribution in [2.75, 3.05) is 25.5 Å². The number of fused-ring (bicyclic) bond motifs is 1. The Morgan fingerprint density at radius 2 is 2.06 bits per heavy atom. The Balaban J connectivity index is 2.14. The summed E-state index contributed by atoms with van der Waals surface area (Å²) in [5.41, 5.74) is 13.6. The topological polar surface area (TPSA) is 123 Å². The highest BCUT2D eigenvalue weighted by Crippen LogP contribution is 2.37. The van der Waals surface area contributed by atoms with Crippen molar-refractivity contribution in [2.24, 2.45) is 11.6 Å². The number of hydrogen-bond donors (Lipinski definition) is 6. The number of nitrogens with two attached hydrogens (primary N) is 2. The van der Waals surface area contributed by atoms with Crippen molar-refractivity contribution in [3.63, 3.8) is 0 Å². The number of allylic oxidation sites excluding steroid dienone is 2. The lowest BCUT2D eigenvalue weighted by Crippen LogP contribution is -2.31. The van der Waals surface area contributed by atoms with Gasteiger partial charge in [0, 0.05) is 55.1 Å². The Labute approximate surface area is 183 Å². The van der Waals surface area contributed by atoms with Crippen LogP contribution in [-0.2, 0) is 6.42 Å². The van der Waals surface area contributed by atoms with Gasteiger partial charge in [0.15, 0.2) is 0 Å². The third-order valence-electron chi connectivity index (χ3n) is 5.52. The molecule has 0 aromatic heterocycles. The maximum atomic E-state index is 9.45. The molecule has 1 unspecified atom stereocenters. The number of para-hydroxylation sites is 1. The number of hydrazine groups is 1. The summed E-state index contributed by atoms with van der Waals surface area (Å²) >= 11 is 0. The first kappa shape index (κ1) is 22.4. The Bertz CT molecular complexity index is 993. The van der Waals surface area contributed by atoms with E-state index in [0.717, 1.165) is 45.6 Å². The minimum absolute atomic E-state index is 0.0146. The highest BCUT2D eigenvalue weighted by Gasteiger charge is 2.26. The van der Waals surface area contributed by atoms with Crippen LogP contribution < -0.4 is 22.2 Å². The van der Waals surface area contributed by atoms with E-state index < -0.39 is 0 Å². The average Bonchev–Trinajstić information content (AvgIpc) is 2.89. The summed E-state index contributed by atoms with van der Waals surface area (Å²) in [6.07, 6.45) is 4.51. The third-order valence-corrected chi connectivity index (χ3v) is 5.52. The predicted octanol–water partition coefficient (Wildman–Crippen LogP) is 2.81. The van der Waals surface area contributed by atoms with Crippen molar-refractivity contribution < 1.29 is 5.11 Å². The molecule has 1 aliphatic rings. The van der Waals surface area contributed by atoms with Crippen LogP contribution in [0.15, 0.2) is 54.4 Å². The molecular formula is C24H32N6O. The molecule has 0 bridgehead atoms. The highest BCUT2D eigenvalue weighted by atomic mass is 16.2. The summed E-state index contributed by atoms with van der Waals surface area (Å²) in [6, 6.07) is 14.2. The molecule has 3 rings (SSSR count). The standard InChI is InChI=1S/C24H32N6O/c1-16(26)24-20-8-7-18(19(14-25)15-28-2)13-21(20)23(9-11-30(24)27)29-22-6-4-3-5-17(22)10-12-31/h3-8,13-15,23,25,28-29,31H,9-12,26-27H2,1-2H3/b19-15+,24-16-,25-14?. The van der Waals surface area contributed by atoms with E-state index in [4.69, 9.17) is 17.0 Å². The van der Waals surface area contributed by atoms with Gasteiger partial charge in [-0.15, -0.1) is 0 Å². The van der Waals surface area contributed by atoms with Crippen LogP contribution in [0.3, 0.4) is 0 Å². The van der Waals surface area contributed by atoms with E-state index in [1.54, 1.807) is 5.01 Å². The lowest BCUT2D eigenvalue weighted by atomic mass is 9.92. The summed E-state index contributed by atoms with van der Waals surface area (Å²) in [7, 11) is 1.82. The number of aliphatic hydroxyl groups excluding tert-OH is 1. The van der Waals surface area contributed by atoms with Crippen molar-refractivity contribution >= 4 is 23.2 Å². The Morgan fingerprint density at radius 3 is 2.74 bits per heavy atom. The van der Waals surface area contributed by atoms with Crippen molar-refractivity contribution in [2.45, 2.75) is 25.8 Å². The molecule has 7 nitrogen and oxygen atoms in total. The van der Waals surface area contributed by atoms with E-state index in [9.17, 15) is 5.11 Å². The number of anilines is 1. The number of benzene rings is 2. The van der Waals surface area contributed by atoms with Crippen molar-refractivity contribution in [3.05, 3.63) is 76.6 Å². The van der Waals surface area contributed by atoms with Gasteiger partial charge in [0.2, 0.25) is 0 Å². The number of nitrogens with one attached hydrogen (secondary N) is 3. The van der Waals surface area contributed by atoms with Crippen LogP contribution in [0.25, 0.3) is 11.3 Å². The van der Waals surface area contributed by atoms with Crippen LogP contribution in [0.5, 0.6) is 0 Å². The van der Waals surface area contributed by atoms with Crippen LogP contribution in [0, 0.1) is 5.41 Å². The van der Waals surface area contributed by atoms with Crippen LogP contribution >= 0.6 is 0 Å². The van der Waals surface area contributed by atoms with Crippen LogP contribution in [0.2, 0.25) is 0 Å². The number of rotatable bonds is 7. The first-order chi connectivity index (χ1) is 15.0. The highest BCUT2D eigenvalue weighted by molar-refractivity contribution is 6.08. The molecule has 1 heterocycles. The molecule has 1 atom stereocenters. The minimum atomic E-state index is -0.0146. The minimum Gasteiger partial charge on any atom is -0.401 e. The molecular weight excluding hydrogens is 388 g/mol. The summed E-state index contributed by atoms with van der Waals surface area (Å²) in [5.74, 6) is 6.38. The van der Waals surface area contributed by atoms with Crippen LogP contribution in [0.1, 0.15) is 41.6 Å². The number of aliphatic hydroxyl groups is 1. The summed E-state index contributed by atoms with van der Waals surface area (Å²) in [5, 5.41) is 25.7.